The van der Waals surface area contributed by atoms with Gasteiger partial charge in [-0.25, -0.2) is 4.79 Å². The number of thiophene rings is 1. The number of benzene rings is 1. The number of carbonyl (C=O) groups excluding carboxylic acids is 2. The second kappa shape index (κ2) is 14.4. The summed E-state index contributed by atoms with van der Waals surface area (Å²) in [5.74, 6) is -0.0188. The third-order valence-corrected chi connectivity index (χ3v) is 6.73. The molecule has 10 heteroatoms. The topological polar surface area (TPSA) is 110 Å². The number of nitrogens with one attached hydrogen (secondary N) is 1. The van der Waals surface area contributed by atoms with E-state index in [0.717, 1.165) is 50.6 Å². The molecule has 198 valence electrons. The average molecular weight is 528 g/mol. The van der Waals surface area contributed by atoms with Gasteiger partial charge in [0.1, 0.15) is 23.3 Å². The second-order valence-corrected chi connectivity index (χ2v) is 9.40. The number of hydrogen-bond donors (Lipinski definition) is 1. The zero-order valence-corrected chi connectivity index (χ0v) is 22.3. The first-order valence-electron chi connectivity index (χ1n) is 12.3. The molecule has 2 aromatic rings. The molecule has 1 aliphatic rings. The summed E-state index contributed by atoms with van der Waals surface area (Å²) in [6.45, 7) is 8.87. The van der Waals surface area contributed by atoms with Gasteiger partial charge in [-0.05, 0) is 43.2 Å². The van der Waals surface area contributed by atoms with E-state index in [2.05, 4.69) is 10.2 Å². The van der Waals surface area contributed by atoms with Crippen LogP contribution in [-0.4, -0.2) is 69.9 Å². The Morgan fingerprint density at radius 3 is 2.65 bits per heavy atom. The van der Waals surface area contributed by atoms with Gasteiger partial charge in [0.25, 0.3) is 5.91 Å². The maximum atomic E-state index is 12.9. The van der Waals surface area contributed by atoms with Crippen LogP contribution in [-0.2, 0) is 20.7 Å². The zero-order valence-electron chi connectivity index (χ0n) is 21.5. The highest BCUT2D eigenvalue weighted by atomic mass is 32.1. The molecule has 1 amide bonds. The van der Waals surface area contributed by atoms with E-state index < -0.39 is 11.9 Å². The summed E-state index contributed by atoms with van der Waals surface area (Å²) < 4.78 is 21.9. The van der Waals surface area contributed by atoms with Crippen LogP contribution in [0, 0.1) is 11.3 Å². The molecule has 0 atom stereocenters. The van der Waals surface area contributed by atoms with Crippen molar-refractivity contribution in [1.82, 2.24) is 4.90 Å². The molecule has 1 aromatic carbocycles. The lowest BCUT2D eigenvalue weighted by molar-refractivity contribution is -0.112. The van der Waals surface area contributed by atoms with Crippen molar-refractivity contribution in [2.75, 3.05) is 58.5 Å². The Kier molecular flexibility index (Phi) is 11.0. The number of nitriles is 1. The lowest BCUT2D eigenvalue weighted by Crippen LogP contribution is -2.38. The highest BCUT2D eigenvalue weighted by Gasteiger charge is 2.20. The highest BCUT2D eigenvalue weighted by molar-refractivity contribution is 7.16. The highest BCUT2D eigenvalue weighted by Crippen LogP contribution is 2.31. The second-order valence-electron chi connectivity index (χ2n) is 8.26. The lowest BCUT2D eigenvalue weighted by atomic mass is 10.1. The normalized spacial score (nSPS) is 14.1. The SMILES string of the molecule is CCCc1cc(C(=O)OC)c(NC(=O)/C(C#N)=C/c2ccc(OCCN3CCOCC3)c(OCC)c2)s1. The summed E-state index contributed by atoms with van der Waals surface area (Å²) in [7, 11) is 1.29. The molecule has 1 aromatic heterocycles. The summed E-state index contributed by atoms with van der Waals surface area (Å²) >= 11 is 1.30. The lowest BCUT2D eigenvalue weighted by Gasteiger charge is -2.26. The van der Waals surface area contributed by atoms with Gasteiger partial charge in [-0.15, -0.1) is 11.3 Å². The first-order valence-corrected chi connectivity index (χ1v) is 13.1. The Morgan fingerprint density at radius 2 is 1.97 bits per heavy atom. The minimum absolute atomic E-state index is 0.107. The van der Waals surface area contributed by atoms with Crippen molar-refractivity contribution in [3.05, 3.63) is 45.8 Å². The Morgan fingerprint density at radius 1 is 1.19 bits per heavy atom. The largest absolute Gasteiger partial charge is 0.490 e. The molecule has 3 rings (SSSR count). The van der Waals surface area contributed by atoms with E-state index >= 15 is 0 Å². The summed E-state index contributed by atoms with van der Waals surface area (Å²) in [6, 6.07) is 8.95. The third-order valence-electron chi connectivity index (χ3n) is 5.62. The van der Waals surface area contributed by atoms with Crippen molar-refractivity contribution in [3.8, 4) is 17.6 Å². The van der Waals surface area contributed by atoms with Crippen molar-refractivity contribution >= 4 is 34.3 Å². The fraction of sp³-hybridized carbons (Fsp3) is 0.444. The summed E-state index contributed by atoms with van der Waals surface area (Å²) in [5, 5.41) is 12.7. The van der Waals surface area contributed by atoms with Crippen LogP contribution in [0.1, 0.15) is 41.1 Å². The predicted molar refractivity (Wildman–Crippen MR) is 142 cm³/mol. The first kappa shape index (κ1) is 28.2. The van der Waals surface area contributed by atoms with Crippen LogP contribution < -0.4 is 14.8 Å². The van der Waals surface area contributed by atoms with E-state index in [-0.39, 0.29) is 11.1 Å². The molecule has 0 radical (unpaired) electrons. The van der Waals surface area contributed by atoms with E-state index in [0.29, 0.717) is 35.3 Å². The number of aryl methyl sites for hydroxylation is 1. The number of anilines is 1. The third kappa shape index (κ3) is 8.05. The Labute approximate surface area is 221 Å². The van der Waals surface area contributed by atoms with Gasteiger partial charge >= 0.3 is 5.97 Å². The van der Waals surface area contributed by atoms with Gasteiger partial charge in [0.05, 0.1) is 32.5 Å². The molecule has 0 unspecified atom stereocenters. The van der Waals surface area contributed by atoms with Crippen LogP contribution in [0.25, 0.3) is 6.08 Å². The van der Waals surface area contributed by atoms with E-state index in [1.54, 1.807) is 24.3 Å². The maximum Gasteiger partial charge on any atom is 0.340 e. The van der Waals surface area contributed by atoms with Crippen LogP contribution in [0.3, 0.4) is 0 Å². The molecule has 1 fully saturated rings. The Balaban J connectivity index is 1.74. The molecule has 37 heavy (non-hydrogen) atoms. The van der Waals surface area contributed by atoms with Gasteiger partial charge in [0, 0.05) is 24.5 Å². The number of methoxy groups -OCH3 is 1. The predicted octanol–water partition coefficient (Wildman–Crippen LogP) is 4.14. The number of carbonyl (C=O) groups is 2. The zero-order chi connectivity index (χ0) is 26.6. The standard InChI is InChI=1S/C27H33N3O6S/c1-4-6-21-17-22(27(32)33-3)26(37-21)29-25(31)20(18-28)15-19-7-8-23(24(16-19)35-5-2)36-14-11-30-9-12-34-13-10-30/h7-8,15-17H,4-6,9-14H2,1-3H3,(H,29,31)/b20-15+. The van der Waals surface area contributed by atoms with Crippen LogP contribution in [0.5, 0.6) is 11.5 Å². The summed E-state index contributed by atoms with van der Waals surface area (Å²) in [5.41, 5.74) is 0.783. The molecule has 0 bridgehead atoms. The van der Waals surface area contributed by atoms with Gasteiger partial charge in [0.2, 0.25) is 0 Å². The molecule has 2 heterocycles. The van der Waals surface area contributed by atoms with Crippen molar-refractivity contribution in [2.45, 2.75) is 26.7 Å². The van der Waals surface area contributed by atoms with Gasteiger partial charge in [0.15, 0.2) is 11.5 Å². The van der Waals surface area contributed by atoms with E-state index in [1.807, 2.05) is 19.9 Å². The van der Waals surface area contributed by atoms with Crippen molar-refractivity contribution in [1.29, 1.82) is 5.26 Å². The molecular weight excluding hydrogens is 494 g/mol. The van der Waals surface area contributed by atoms with Crippen LogP contribution in [0.4, 0.5) is 5.00 Å². The Bertz CT molecular complexity index is 1150. The van der Waals surface area contributed by atoms with Crippen molar-refractivity contribution in [3.63, 3.8) is 0 Å². The molecule has 9 nitrogen and oxygen atoms in total. The number of hydrogen-bond acceptors (Lipinski definition) is 9. The number of esters is 1. The minimum Gasteiger partial charge on any atom is -0.490 e. The van der Waals surface area contributed by atoms with Crippen LogP contribution >= 0.6 is 11.3 Å². The quantitative estimate of drug-likeness (QED) is 0.249. The van der Waals surface area contributed by atoms with Gasteiger partial charge in [-0.3, -0.25) is 9.69 Å². The molecular formula is C27H33N3O6S. The van der Waals surface area contributed by atoms with E-state index in [4.69, 9.17) is 18.9 Å². The van der Waals surface area contributed by atoms with Crippen LogP contribution in [0.15, 0.2) is 29.8 Å². The smallest absolute Gasteiger partial charge is 0.340 e. The number of morpholine rings is 1. The molecule has 1 saturated heterocycles. The Hall–Kier alpha value is -3.39. The van der Waals surface area contributed by atoms with Gasteiger partial charge in [-0.1, -0.05) is 19.4 Å². The van der Waals surface area contributed by atoms with Crippen LogP contribution in [0.2, 0.25) is 0 Å². The number of amides is 1. The molecule has 1 aliphatic heterocycles. The molecule has 1 N–H and O–H groups in total. The molecule has 0 aliphatic carbocycles. The van der Waals surface area contributed by atoms with Gasteiger partial charge < -0.3 is 24.3 Å². The van der Waals surface area contributed by atoms with Crippen molar-refractivity contribution < 1.29 is 28.5 Å². The summed E-state index contributed by atoms with van der Waals surface area (Å²) in [6.07, 6.45) is 3.15. The van der Waals surface area contributed by atoms with Gasteiger partial charge in [-0.2, -0.15) is 5.26 Å². The first-order chi connectivity index (χ1) is 18.0. The maximum absolute atomic E-state index is 12.9. The monoisotopic (exact) mass is 527 g/mol. The van der Waals surface area contributed by atoms with Crippen molar-refractivity contribution in [2.24, 2.45) is 0 Å². The number of ether oxygens (including phenoxy) is 4. The fourth-order valence-electron chi connectivity index (χ4n) is 3.76. The minimum atomic E-state index is -0.610. The summed E-state index contributed by atoms with van der Waals surface area (Å²) in [4.78, 5) is 28.3. The van der Waals surface area contributed by atoms with E-state index in [1.165, 1.54) is 24.5 Å². The molecule has 0 saturated carbocycles. The fourth-order valence-corrected chi connectivity index (χ4v) is 4.90. The number of nitrogens with zero attached hydrogens (tertiary/aromatic N) is 2. The van der Waals surface area contributed by atoms with E-state index in [9.17, 15) is 14.9 Å². The number of rotatable bonds is 12. The average Bonchev–Trinajstić information content (AvgIpc) is 3.30. The molecule has 0 spiro atoms.